The van der Waals surface area contributed by atoms with E-state index < -0.39 is 0 Å². The Morgan fingerprint density at radius 2 is 1.96 bits per heavy atom. The van der Waals surface area contributed by atoms with Gasteiger partial charge in [0.1, 0.15) is 11.3 Å². The minimum atomic E-state index is -0.0534. The Morgan fingerprint density at radius 3 is 2.77 bits per heavy atom. The van der Waals surface area contributed by atoms with Gasteiger partial charge in [-0.25, -0.2) is 0 Å². The molecule has 0 aliphatic heterocycles. The highest BCUT2D eigenvalue weighted by Crippen LogP contribution is 2.35. The zero-order chi connectivity index (χ0) is 17.9. The highest BCUT2D eigenvalue weighted by atomic mass is 16.5. The van der Waals surface area contributed by atoms with E-state index in [1.807, 2.05) is 36.4 Å². The minimum Gasteiger partial charge on any atom is -0.493 e. The van der Waals surface area contributed by atoms with E-state index >= 15 is 0 Å². The molecule has 1 heterocycles. The number of hydrogen-bond acceptors (Lipinski definition) is 4. The minimum absolute atomic E-state index is 0.0534. The van der Waals surface area contributed by atoms with Crippen molar-refractivity contribution in [3.8, 4) is 11.5 Å². The maximum atomic E-state index is 12.2. The third kappa shape index (κ3) is 3.49. The van der Waals surface area contributed by atoms with Gasteiger partial charge in [-0.1, -0.05) is 24.3 Å². The summed E-state index contributed by atoms with van der Waals surface area (Å²) in [5.74, 6) is 2.58. The van der Waals surface area contributed by atoms with Gasteiger partial charge in [0.15, 0.2) is 16.9 Å². The third-order valence-electron chi connectivity index (χ3n) is 4.47. The van der Waals surface area contributed by atoms with Gasteiger partial charge in [-0.05, 0) is 49.1 Å². The van der Waals surface area contributed by atoms with Crippen molar-refractivity contribution in [2.24, 2.45) is 5.92 Å². The molecule has 4 nitrogen and oxygen atoms in total. The van der Waals surface area contributed by atoms with Crippen molar-refractivity contribution in [2.45, 2.75) is 12.8 Å². The molecule has 0 amide bonds. The summed E-state index contributed by atoms with van der Waals surface area (Å²) in [6, 6.07) is 14.5. The molecule has 4 rings (SSSR count). The average molecular weight is 348 g/mol. The fourth-order valence-corrected chi connectivity index (χ4v) is 2.84. The molecule has 0 N–H and O–H groups in total. The van der Waals surface area contributed by atoms with Gasteiger partial charge in [-0.3, -0.25) is 4.79 Å². The van der Waals surface area contributed by atoms with Gasteiger partial charge in [0.05, 0.1) is 19.1 Å². The second-order valence-electron chi connectivity index (χ2n) is 6.48. The van der Waals surface area contributed by atoms with Crippen LogP contribution >= 0.6 is 0 Å². The molecule has 1 aliphatic rings. The number of fused-ring (bicyclic) bond motifs is 1. The molecule has 132 valence electrons. The lowest BCUT2D eigenvalue weighted by Crippen LogP contribution is -2.02. The van der Waals surface area contributed by atoms with Crippen molar-refractivity contribution in [1.82, 2.24) is 0 Å². The topological polar surface area (TPSA) is 48.7 Å². The van der Waals surface area contributed by atoms with E-state index in [1.165, 1.54) is 18.9 Å². The van der Waals surface area contributed by atoms with Crippen LogP contribution in [-0.4, -0.2) is 13.7 Å². The molecule has 3 aromatic rings. The highest BCUT2D eigenvalue weighted by Gasteiger charge is 2.23. The van der Waals surface area contributed by atoms with E-state index in [9.17, 15) is 4.79 Å². The quantitative estimate of drug-likeness (QED) is 0.644. The molecule has 0 saturated heterocycles. The number of benzene rings is 2. The number of ether oxygens (including phenoxy) is 2. The highest BCUT2D eigenvalue weighted by molar-refractivity contribution is 5.79. The number of methoxy groups -OCH3 is 1. The first-order valence-electron chi connectivity index (χ1n) is 8.75. The monoisotopic (exact) mass is 348 g/mol. The van der Waals surface area contributed by atoms with Gasteiger partial charge in [-0.15, -0.1) is 0 Å². The van der Waals surface area contributed by atoms with Crippen LogP contribution in [0.4, 0.5) is 0 Å². The number of hydrogen-bond donors (Lipinski definition) is 0. The first kappa shape index (κ1) is 16.5. The van der Waals surface area contributed by atoms with Crippen LogP contribution in [0.1, 0.15) is 24.2 Å². The molecule has 0 unspecified atom stereocenters. The molecule has 1 aliphatic carbocycles. The van der Waals surface area contributed by atoms with Gasteiger partial charge in [0.2, 0.25) is 0 Å². The van der Waals surface area contributed by atoms with E-state index in [1.54, 1.807) is 25.3 Å². The second-order valence-corrected chi connectivity index (χ2v) is 6.48. The third-order valence-corrected chi connectivity index (χ3v) is 4.47. The predicted molar refractivity (Wildman–Crippen MR) is 103 cm³/mol. The molecule has 1 saturated carbocycles. The Balaban J connectivity index is 1.66. The van der Waals surface area contributed by atoms with Crippen LogP contribution in [0.5, 0.6) is 11.5 Å². The zero-order valence-corrected chi connectivity index (χ0v) is 14.6. The lowest BCUT2D eigenvalue weighted by atomic mass is 10.1. The normalized spacial score (nSPS) is 14.0. The maximum absolute atomic E-state index is 12.2. The first-order valence-corrected chi connectivity index (χ1v) is 8.75. The molecule has 0 atom stereocenters. The second kappa shape index (κ2) is 7.08. The molecule has 4 heteroatoms. The van der Waals surface area contributed by atoms with Gasteiger partial charge < -0.3 is 13.9 Å². The van der Waals surface area contributed by atoms with Crippen LogP contribution in [0.15, 0.2) is 57.7 Å². The summed E-state index contributed by atoms with van der Waals surface area (Å²) < 4.78 is 17.2. The van der Waals surface area contributed by atoms with Crippen LogP contribution in [0.2, 0.25) is 0 Å². The SMILES string of the molecule is COc1cccc(C=Cc2cc(=O)c3ccccc3o2)c1OCC1CC1. The Labute approximate surface area is 151 Å². The summed E-state index contributed by atoms with van der Waals surface area (Å²) in [4.78, 5) is 12.2. The lowest BCUT2D eigenvalue weighted by molar-refractivity contribution is 0.280. The van der Waals surface area contributed by atoms with Crippen molar-refractivity contribution < 1.29 is 13.9 Å². The largest absolute Gasteiger partial charge is 0.493 e. The molecular weight excluding hydrogens is 328 g/mol. The van der Waals surface area contributed by atoms with Crippen LogP contribution in [0.3, 0.4) is 0 Å². The van der Waals surface area contributed by atoms with Crippen molar-refractivity contribution in [3.63, 3.8) is 0 Å². The van der Waals surface area contributed by atoms with Gasteiger partial charge in [0, 0.05) is 11.6 Å². The van der Waals surface area contributed by atoms with Crippen LogP contribution in [0.25, 0.3) is 23.1 Å². The summed E-state index contributed by atoms with van der Waals surface area (Å²) in [6.45, 7) is 0.701. The lowest BCUT2D eigenvalue weighted by Gasteiger charge is -2.13. The van der Waals surface area contributed by atoms with E-state index in [0.29, 0.717) is 35.0 Å². The summed E-state index contributed by atoms with van der Waals surface area (Å²) >= 11 is 0. The Morgan fingerprint density at radius 1 is 1.12 bits per heavy atom. The summed E-state index contributed by atoms with van der Waals surface area (Å²) in [5.41, 5.74) is 1.42. The molecule has 26 heavy (non-hydrogen) atoms. The molecule has 1 fully saturated rings. The predicted octanol–water partition coefficient (Wildman–Crippen LogP) is 4.76. The van der Waals surface area contributed by atoms with Gasteiger partial charge >= 0.3 is 0 Å². The van der Waals surface area contributed by atoms with Crippen molar-refractivity contribution in [2.75, 3.05) is 13.7 Å². The number of rotatable bonds is 6. The van der Waals surface area contributed by atoms with Gasteiger partial charge in [-0.2, -0.15) is 0 Å². The van der Waals surface area contributed by atoms with Crippen molar-refractivity contribution in [3.05, 3.63) is 70.1 Å². The van der Waals surface area contributed by atoms with E-state index in [4.69, 9.17) is 13.9 Å². The fourth-order valence-electron chi connectivity index (χ4n) is 2.84. The summed E-state index contributed by atoms with van der Waals surface area (Å²) in [5, 5.41) is 0.583. The maximum Gasteiger partial charge on any atom is 0.193 e. The van der Waals surface area contributed by atoms with E-state index in [-0.39, 0.29) is 5.43 Å². The molecule has 0 radical (unpaired) electrons. The van der Waals surface area contributed by atoms with E-state index in [2.05, 4.69) is 0 Å². The smallest absolute Gasteiger partial charge is 0.193 e. The molecule has 2 aromatic carbocycles. The summed E-state index contributed by atoms with van der Waals surface area (Å²) in [6.07, 6.45) is 6.12. The molecule has 0 spiro atoms. The summed E-state index contributed by atoms with van der Waals surface area (Å²) in [7, 11) is 1.63. The van der Waals surface area contributed by atoms with Crippen LogP contribution < -0.4 is 14.9 Å². The standard InChI is InChI=1S/C22H20O4/c1-24-21-8-4-5-16(22(21)25-14-15-9-10-15)11-12-17-13-19(23)18-6-2-3-7-20(18)26-17/h2-8,11-13,15H,9-10,14H2,1H3. The van der Waals surface area contributed by atoms with Gasteiger partial charge in [0.25, 0.3) is 0 Å². The number of para-hydroxylation sites is 2. The molecule has 0 bridgehead atoms. The van der Waals surface area contributed by atoms with Crippen LogP contribution in [-0.2, 0) is 0 Å². The molecular formula is C22H20O4. The first-order chi connectivity index (χ1) is 12.7. The zero-order valence-electron chi connectivity index (χ0n) is 14.6. The van der Waals surface area contributed by atoms with E-state index in [0.717, 1.165) is 11.3 Å². The fraction of sp³-hybridized carbons (Fsp3) is 0.227. The Kier molecular flexibility index (Phi) is 4.48. The van der Waals surface area contributed by atoms with Crippen LogP contribution in [0, 0.1) is 5.92 Å². The van der Waals surface area contributed by atoms with Crippen molar-refractivity contribution >= 4 is 23.1 Å². The Bertz CT molecular complexity index is 1010. The molecule has 1 aromatic heterocycles. The van der Waals surface area contributed by atoms with Crippen molar-refractivity contribution in [1.29, 1.82) is 0 Å². The Hall–Kier alpha value is -3.01. The average Bonchev–Trinajstić information content (AvgIpc) is 3.49.